The molecule has 0 radical (unpaired) electrons. The van der Waals surface area contributed by atoms with Gasteiger partial charge in [0.25, 0.3) is 0 Å². The molecule has 2 atom stereocenters. The van der Waals surface area contributed by atoms with Crippen molar-refractivity contribution in [3.05, 3.63) is 59.7 Å². The third-order valence-electron chi connectivity index (χ3n) is 5.51. The number of rotatable bonds is 7. The fourth-order valence-electron chi connectivity index (χ4n) is 3.75. The monoisotopic (exact) mass is 488 g/mol. The number of carbonyl (C=O) groups is 3. The van der Waals surface area contributed by atoms with E-state index in [1.807, 2.05) is 0 Å². The van der Waals surface area contributed by atoms with Crippen LogP contribution < -0.4 is 11.1 Å². The van der Waals surface area contributed by atoms with Gasteiger partial charge in [-0.15, -0.1) is 0 Å². The topological polar surface area (TPSA) is 126 Å². The lowest BCUT2D eigenvalue weighted by Crippen LogP contribution is -2.49. The Kier molecular flexibility index (Phi) is 7.96. The molecule has 3 N–H and O–H groups in total. The highest BCUT2D eigenvalue weighted by Crippen LogP contribution is 2.32. The number of hydrogen-bond acceptors (Lipinski definition) is 5. The maximum atomic E-state index is 12.9. The average molecular weight is 488 g/mol. The largest absolute Gasteiger partial charge is 0.445 e. The van der Waals surface area contributed by atoms with Gasteiger partial charge < -0.3 is 15.8 Å². The van der Waals surface area contributed by atoms with Gasteiger partial charge in [0.2, 0.25) is 11.8 Å². The SMILES string of the molecule is N#C[C@H](CC(N)=O)NC(=O)[C@H]1CCCN1C(=O)OCc1ccc(-c2cccc(C(F)(F)F)c2)cc1. The van der Waals surface area contributed by atoms with Gasteiger partial charge in [-0.05, 0) is 41.7 Å². The van der Waals surface area contributed by atoms with E-state index in [9.17, 15) is 27.6 Å². The molecule has 0 spiro atoms. The Hall–Kier alpha value is -4.07. The predicted molar refractivity (Wildman–Crippen MR) is 118 cm³/mol. The minimum absolute atomic E-state index is 0.102. The molecule has 0 unspecified atom stereocenters. The number of carbonyl (C=O) groups excluding carboxylic acids is 3. The molecule has 3 rings (SSSR count). The predicted octanol–water partition coefficient (Wildman–Crippen LogP) is 3.36. The van der Waals surface area contributed by atoms with Crippen molar-refractivity contribution < 1.29 is 32.3 Å². The number of hydrogen-bond donors (Lipinski definition) is 2. The maximum Gasteiger partial charge on any atom is 0.416 e. The van der Waals surface area contributed by atoms with Crippen molar-refractivity contribution in [1.29, 1.82) is 5.26 Å². The third kappa shape index (κ3) is 6.72. The molecule has 0 saturated carbocycles. The molecule has 1 fully saturated rings. The second kappa shape index (κ2) is 10.9. The summed E-state index contributed by atoms with van der Waals surface area (Å²) >= 11 is 0. The van der Waals surface area contributed by atoms with Gasteiger partial charge in [0, 0.05) is 6.54 Å². The van der Waals surface area contributed by atoms with Crippen LogP contribution in [0.25, 0.3) is 11.1 Å². The molecule has 1 aliphatic rings. The van der Waals surface area contributed by atoms with Crippen LogP contribution in [0.3, 0.4) is 0 Å². The minimum Gasteiger partial charge on any atom is -0.445 e. The smallest absolute Gasteiger partial charge is 0.416 e. The summed E-state index contributed by atoms with van der Waals surface area (Å²) in [5.74, 6) is -1.31. The summed E-state index contributed by atoms with van der Waals surface area (Å²) in [5.41, 5.74) is 5.91. The molecule has 1 saturated heterocycles. The first kappa shape index (κ1) is 25.6. The lowest BCUT2D eigenvalue weighted by molar-refractivity contribution is -0.137. The van der Waals surface area contributed by atoms with E-state index in [-0.39, 0.29) is 13.0 Å². The van der Waals surface area contributed by atoms with Crippen molar-refractivity contribution in [3.8, 4) is 17.2 Å². The van der Waals surface area contributed by atoms with Crippen LogP contribution >= 0.6 is 0 Å². The van der Waals surface area contributed by atoms with Crippen LogP contribution in [0.2, 0.25) is 0 Å². The number of halogens is 3. The second-order valence-electron chi connectivity index (χ2n) is 8.04. The number of nitrogens with one attached hydrogen (secondary N) is 1. The first-order valence-electron chi connectivity index (χ1n) is 10.8. The van der Waals surface area contributed by atoms with E-state index in [0.29, 0.717) is 36.1 Å². The summed E-state index contributed by atoms with van der Waals surface area (Å²) in [6.07, 6.45) is -4.55. The Morgan fingerprint density at radius 3 is 2.51 bits per heavy atom. The van der Waals surface area contributed by atoms with E-state index >= 15 is 0 Å². The zero-order valence-electron chi connectivity index (χ0n) is 18.5. The van der Waals surface area contributed by atoms with Gasteiger partial charge in [-0.1, -0.05) is 36.4 Å². The van der Waals surface area contributed by atoms with Crippen LogP contribution in [-0.4, -0.2) is 41.4 Å². The Bertz CT molecular complexity index is 1130. The van der Waals surface area contributed by atoms with Crippen LogP contribution in [0.5, 0.6) is 0 Å². The molecular formula is C24H23F3N4O4. The van der Waals surface area contributed by atoms with Crippen LogP contribution in [0, 0.1) is 11.3 Å². The molecule has 8 nitrogen and oxygen atoms in total. The number of amides is 3. The van der Waals surface area contributed by atoms with Crippen molar-refractivity contribution in [3.63, 3.8) is 0 Å². The van der Waals surface area contributed by atoms with Crippen LogP contribution in [0.4, 0.5) is 18.0 Å². The summed E-state index contributed by atoms with van der Waals surface area (Å²) in [6, 6.07) is 11.4. The third-order valence-corrected chi connectivity index (χ3v) is 5.51. The number of ether oxygens (including phenoxy) is 1. The molecule has 0 bridgehead atoms. The zero-order chi connectivity index (χ0) is 25.6. The molecule has 11 heteroatoms. The molecular weight excluding hydrogens is 465 g/mol. The Morgan fingerprint density at radius 1 is 1.17 bits per heavy atom. The minimum atomic E-state index is -4.44. The van der Waals surface area contributed by atoms with E-state index < -0.39 is 41.7 Å². The number of alkyl halides is 3. The van der Waals surface area contributed by atoms with Crippen LogP contribution in [0.1, 0.15) is 30.4 Å². The van der Waals surface area contributed by atoms with Crippen molar-refractivity contribution in [2.75, 3.05) is 6.54 Å². The summed E-state index contributed by atoms with van der Waals surface area (Å²) in [7, 11) is 0. The molecule has 3 amide bonds. The normalized spacial score (nSPS) is 16.3. The molecule has 184 valence electrons. The number of nitrogens with two attached hydrogens (primary N) is 1. The highest BCUT2D eigenvalue weighted by atomic mass is 19.4. The van der Waals surface area contributed by atoms with Crippen molar-refractivity contribution in [2.24, 2.45) is 5.73 Å². The van der Waals surface area contributed by atoms with Gasteiger partial charge >= 0.3 is 12.3 Å². The molecule has 35 heavy (non-hydrogen) atoms. The summed E-state index contributed by atoms with van der Waals surface area (Å²) in [4.78, 5) is 37.3. The number of primary amides is 1. The summed E-state index contributed by atoms with van der Waals surface area (Å²) < 4.78 is 44.2. The molecule has 0 aliphatic carbocycles. The standard InChI is InChI=1S/C24H23F3N4O4/c25-24(26,27)18-4-1-3-17(11-18)16-8-6-15(7-9-16)14-35-23(34)31-10-2-5-20(31)22(33)30-19(13-28)12-21(29)32/h1,3-4,6-9,11,19-20H,2,5,10,12,14H2,(H2,29,32)(H,30,33)/t19-,20+/m0/s1. The first-order chi connectivity index (χ1) is 16.6. The maximum absolute atomic E-state index is 12.9. The number of benzene rings is 2. The van der Waals surface area contributed by atoms with Crippen LogP contribution in [-0.2, 0) is 27.1 Å². The highest BCUT2D eigenvalue weighted by Gasteiger charge is 2.36. The second-order valence-corrected chi connectivity index (χ2v) is 8.04. The summed E-state index contributed by atoms with van der Waals surface area (Å²) in [6.45, 7) is 0.188. The van der Waals surface area contributed by atoms with E-state index in [2.05, 4.69) is 5.32 Å². The number of nitriles is 1. The van der Waals surface area contributed by atoms with Crippen molar-refractivity contribution in [2.45, 2.75) is 44.1 Å². The lowest BCUT2D eigenvalue weighted by atomic mass is 10.0. The van der Waals surface area contributed by atoms with Crippen molar-refractivity contribution in [1.82, 2.24) is 10.2 Å². The lowest BCUT2D eigenvalue weighted by Gasteiger charge is -2.24. The fourth-order valence-corrected chi connectivity index (χ4v) is 3.75. The average Bonchev–Trinajstić information content (AvgIpc) is 3.32. The van der Waals surface area contributed by atoms with E-state index in [1.54, 1.807) is 36.4 Å². The first-order valence-corrected chi connectivity index (χ1v) is 10.8. The zero-order valence-corrected chi connectivity index (χ0v) is 18.5. The quantitative estimate of drug-likeness (QED) is 0.618. The van der Waals surface area contributed by atoms with E-state index in [1.165, 1.54) is 11.0 Å². The van der Waals surface area contributed by atoms with Gasteiger partial charge in [-0.25, -0.2) is 4.79 Å². The Morgan fingerprint density at radius 2 is 1.89 bits per heavy atom. The Labute approximate surface area is 199 Å². The number of nitrogens with zero attached hydrogens (tertiary/aromatic N) is 2. The molecule has 2 aromatic carbocycles. The molecule has 1 aliphatic heterocycles. The van der Waals surface area contributed by atoms with Crippen LogP contribution in [0.15, 0.2) is 48.5 Å². The van der Waals surface area contributed by atoms with E-state index in [4.69, 9.17) is 15.7 Å². The fraction of sp³-hybridized carbons (Fsp3) is 0.333. The summed E-state index contributed by atoms with van der Waals surface area (Å²) in [5, 5.41) is 11.5. The molecule has 2 aromatic rings. The molecule has 0 aromatic heterocycles. The van der Waals surface area contributed by atoms with E-state index in [0.717, 1.165) is 12.1 Å². The van der Waals surface area contributed by atoms with Crippen molar-refractivity contribution >= 4 is 17.9 Å². The van der Waals surface area contributed by atoms with Gasteiger partial charge in [-0.3, -0.25) is 14.5 Å². The van der Waals surface area contributed by atoms with Gasteiger partial charge in [-0.2, -0.15) is 18.4 Å². The number of likely N-dealkylation sites (tertiary alicyclic amines) is 1. The van der Waals surface area contributed by atoms with Gasteiger partial charge in [0.1, 0.15) is 18.7 Å². The van der Waals surface area contributed by atoms with Gasteiger partial charge in [0.15, 0.2) is 0 Å². The Balaban J connectivity index is 1.58. The van der Waals surface area contributed by atoms with Gasteiger partial charge in [0.05, 0.1) is 18.1 Å². The molecule has 1 heterocycles. The highest BCUT2D eigenvalue weighted by molar-refractivity contribution is 5.87.